The van der Waals surface area contributed by atoms with Crippen molar-refractivity contribution in [1.82, 2.24) is 4.98 Å². The first-order chi connectivity index (χ1) is 9.34. The molecule has 0 bridgehead atoms. The predicted octanol–water partition coefficient (Wildman–Crippen LogP) is 2.45. The number of pyridine rings is 1. The second kappa shape index (κ2) is 5.30. The zero-order valence-corrected chi connectivity index (χ0v) is 12.6. The summed E-state index contributed by atoms with van der Waals surface area (Å²) in [6.07, 6.45) is 1.53. The first-order valence-electron chi connectivity index (χ1n) is 5.79. The standard InChI is InChI=1S/C13H14ClN3O2S/c1-9-11(14)7-10(8-12(9)15)20(18,19)17(2)13-5-3-4-6-16-13/h3-8H,15H2,1-2H3. The summed E-state index contributed by atoms with van der Waals surface area (Å²) in [5.41, 5.74) is 6.77. The first kappa shape index (κ1) is 14.6. The van der Waals surface area contributed by atoms with Gasteiger partial charge >= 0.3 is 0 Å². The second-order valence-electron chi connectivity index (χ2n) is 4.28. The van der Waals surface area contributed by atoms with Crippen molar-refractivity contribution in [2.75, 3.05) is 17.1 Å². The van der Waals surface area contributed by atoms with Gasteiger partial charge in [-0.15, -0.1) is 0 Å². The van der Waals surface area contributed by atoms with E-state index >= 15 is 0 Å². The Balaban J connectivity index is 2.51. The smallest absolute Gasteiger partial charge is 0.265 e. The summed E-state index contributed by atoms with van der Waals surface area (Å²) in [5, 5.41) is 0.318. The Hall–Kier alpha value is -1.79. The van der Waals surface area contributed by atoms with E-state index in [9.17, 15) is 8.42 Å². The summed E-state index contributed by atoms with van der Waals surface area (Å²) in [6, 6.07) is 7.82. The van der Waals surface area contributed by atoms with Crippen LogP contribution in [0.1, 0.15) is 5.56 Å². The van der Waals surface area contributed by atoms with E-state index in [2.05, 4.69) is 4.98 Å². The lowest BCUT2D eigenvalue weighted by Crippen LogP contribution is -2.27. The van der Waals surface area contributed by atoms with E-state index in [1.807, 2.05) is 0 Å². The molecule has 0 unspecified atom stereocenters. The van der Waals surface area contributed by atoms with Crippen LogP contribution >= 0.6 is 11.6 Å². The number of benzene rings is 1. The van der Waals surface area contributed by atoms with Gasteiger partial charge in [-0.3, -0.25) is 4.31 Å². The van der Waals surface area contributed by atoms with E-state index in [0.29, 0.717) is 22.1 Å². The van der Waals surface area contributed by atoms with Gasteiger partial charge in [0.15, 0.2) is 0 Å². The Kier molecular flexibility index (Phi) is 3.87. The monoisotopic (exact) mass is 311 g/mol. The number of halogens is 1. The van der Waals surface area contributed by atoms with E-state index in [0.717, 1.165) is 4.31 Å². The Morgan fingerprint density at radius 2 is 2.00 bits per heavy atom. The summed E-state index contributed by atoms with van der Waals surface area (Å²) in [7, 11) is -2.32. The highest BCUT2D eigenvalue weighted by atomic mass is 35.5. The van der Waals surface area contributed by atoms with Crippen molar-refractivity contribution in [1.29, 1.82) is 0 Å². The van der Waals surface area contributed by atoms with Crippen molar-refractivity contribution in [2.45, 2.75) is 11.8 Å². The van der Waals surface area contributed by atoms with Crippen LogP contribution in [-0.2, 0) is 10.0 Å². The van der Waals surface area contributed by atoms with Crippen LogP contribution in [0.2, 0.25) is 5.02 Å². The number of nitrogens with zero attached hydrogens (tertiary/aromatic N) is 2. The number of hydrogen-bond donors (Lipinski definition) is 1. The average Bonchev–Trinajstić information content (AvgIpc) is 2.44. The molecule has 2 aromatic rings. The molecule has 0 amide bonds. The Labute approximate surface area is 123 Å². The van der Waals surface area contributed by atoms with Gasteiger partial charge in [0.2, 0.25) is 0 Å². The van der Waals surface area contributed by atoms with Crippen LogP contribution in [0.15, 0.2) is 41.4 Å². The zero-order chi connectivity index (χ0) is 14.9. The van der Waals surface area contributed by atoms with Gasteiger partial charge in [-0.25, -0.2) is 13.4 Å². The molecule has 1 aromatic heterocycles. The van der Waals surface area contributed by atoms with Crippen LogP contribution in [0.5, 0.6) is 0 Å². The summed E-state index contributed by atoms with van der Waals surface area (Å²) < 4.78 is 26.1. The number of rotatable bonds is 3. The lowest BCUT2D eigenvalue weighted by molar-refractivity contribution is 0.594. The zero-order valence-electron chi connectivity index (χ0n) is 11.0. The lowest BCUT2D eigenvalue weighted by atomic mass is 10.2. The van der Waals surface area contributed by atoms with Crippen LogP contribution in [-0.4, -0.2) is 20.4 Å². The van der Waals surface area contributed by atoms with Crippen molar-refractivity contribution in [3.05, 3.63) is 47.1 Å². The topological polar surface area (TPSA) is 76.3 Å². The minimum Gasteiger partial charge on any atom is -0.398 e. The highest BCUT2D eigenvalue weighted by Crippen LogP contribution is 2.28. The third-order valence-corrected chi connectivity index (χ3v) is 5.12. The quantitative estimate of drug-likeness (QED) is 0.883. The number of anilines is 2. The molecule has 0 atom stereocenters. The van der Waals surface area contributed by atoms with Crippen LogP contribution < -0.4 is 10.0 Å². The third-order valence-electron chi connectivity index (χ3n) is 2.99. The maximum absolute atomic E-state index is 12.5. The molecule has 0 aliphatic heterocycles. The molecule has 0 fully saturated rings. The van der Waals surface area contributed by atoms with Crippen molar-refractivity contribution in [3.8, 4) is 0 Å². The molecule has 20 heavy (non-hydrogen) atoms. The van der Waals surface area contributed by atoms with Crippen LogP contribution in [0.4, 0.5) is 11.5 Å². The van der Waals surface area contributed by atoms with Gasteiger partial charge in [0.25, 0.3) is 10.0 Å². The number of nitrogens with two attached hydrogens (primary N) is 1. The summed E-state index contributed by atoms with van der Waals surface area (Å²) >= 11 is 6.00. The number of hydrogen-bond acceptors (Lipinski definition) is 4. The maximum Gasteiger partial charge on any atom is 0.265 e. The molecule has 0 spiro atoms. The fraction of sp³-hybridized carbons (Fsp3) is 0.154. The van der Waals surface area contributed by atoms with Crippen molar-refractivity contribution >= 4 is 33.1 Å². The number of aromatic nitrogens is 1. The molecule has 5 nitrogen and oxygen atoms in total. The van der Waals surface area contributed by atoms with Gasteiger partial charge in [0.1, 0.15) is 5.82 Å². The molecule has 0 radical (unpaired) electrons. The van der Waals surface area contributed by atoms with Gasteiger partial charge in [-0.2, -0.15) is 0 Å². The molecule has 2 rings (SSSR count). The van der Waals surface area contributed by atoms with E-state index in [4.69, 9.17) is 17.3 Å². The fourth-order valence-electron chi connectivity index (χ4n) is 1.64. The van der Waals surface area contributed by atoms with Crippen LogP contribution in [0.25, 0.3) is 0 Å². The number of nitrogen functional groups attached to an aromatic ring is 1. The molecular weight excluding hydrogens is 298 g/mol. The van der Waals surface area contributed by atoms with E-state index < -0.39 is 10.0 Å². The minimum absolute atomic E-state index is 0.0405. The fourth-order valence-corrected chi connectivity index (χ4v) is 3.15. The lowest BCUT2D eigenvalue weighted by Gasteiger charge is -2.19. The van der Waals surface area contributed by atoms with E-state index in [-0.39, 0.29) is 4.90 Å². The Bertz CT molecular complexity index is 710. The summed E-state index contributed by atoms with van der Waals surface area (Å²) in [4.78, 5) is 4.06. The normalized spacial score (nSPS) is 11.3. The van der Waals surface area contributed by atoms with Gasteiger partial charge < -0.3 is 5.73 Å². The third kappa shape index (κ3) is 2.57. The second-order valence-corrected chi connectivity index (χ2v) is 6.66. The molecular formula is C13H14ClN3O2S. The molecule has 7 heteroatoms. The summed E-state index contributed by atoms with van der Waals surface area (Å²) in [6.45, 7) is 1.73. The Morgan fingerprint density at radius 1 is 1.30 bits per heavy atom. The average molecular weight is 312 g/mol. The molecule has 1 heterocycles. The minimum atomic E-state index is -3.75. The van der Waals surface area contributed by atoms with Crippen LogP contribution in [0, 0.1) is 6.92 Å². The van der Waals surface area contributed by atoms with Crippen molar-refractivity contribution < 1.29 is 8.42 Å². The highest BCUT2D eigenvalue weighted by Gasteiger charge is 2.23. The molecule has 0 saturated heterocycles. The highest BCUT2D eigenvalue weighted by molar-refractivity contribution is 7.92. The largest absolute Gasteiger partial charge is 0.398 e. The molecule has 0 saturated carbocycles. The number of sulfonamides is 1. The van der Waals surface area contributed by atoms with Crippen LogP contribution in [0.3, 0.4) is 0 Å². The molecule has 1 aromatic carbocycles. The Morgan fingerprint density at radius 3 is 2.55 bits per heavy atom. The van der Waals surface area contributed by atoms with Gasteiger partial charge in [-0.1, -0.05) is 17.7 Å². The van der Waals surface area contributed by atoms with Crippen molar-refractivity contribution in [2.24, 2.45) is 0 Å². The van der Waals surface area contributed by atoms with E-state index in [1.165, 1.54) is 25.4 Å². The van der Waals surface area contributed by atoms with E-state index in [1.54, 1.807) is 25.1 Å². The van der Waals surface area contributed by atoms with Gasteiger partial charge in [0, 0.05) is 24.0 Å². The molecule has 106 valence electrons. The summed E-state index contributed by atoms with van der Waals surface area (Å²) in [5.74, 6) is 0.322. The molecule has 0 aliphatic rings. The first-order valence-corrected chi connectivity index (χ1v) is 7.61. The maximum atomic E-state index is 12.5. The molecule has 0 aliphatic carbocycles. The molecule has 2 N–H and O–H groups in total. The van der Waals surface area contributed by atoms with Crippen molar-refractivity contribution in [3.63, 3.8) is 0 Å². The van der Waals surface area contributed by atoms with Gasteiger partial charge in [-0.05, 0) is 36.8 Å². The SMILES string of the molecule is Cc1c(N)cc(S(=O)(=O)N(C)c2ccccn2)cc1Cl. The van der Waals surface area contributed by atoms with Gasteiger partial charge in [0.05, 0.1) is 4.90 Å². The predicted molar refractivity (Wildman–Crippen MR) is 80.4 cm³/mol.